The van der Waals surface area contributed by atoms with Crippen LogP contribution in [0, 0.1) is 11.8 Å². The summed E-state index contributed by atoms with van der Waals surface area (Å²) < 4.78 is 0. The molecular formula is C16H26N2O3. The van der Waals surface area contributed by atoms with E-state index >= 15 is 0 Å². The molecule has 1 amide bonds. The second kappa shape index (κ2) is 5.95. The molecular weight excluding hydrogens is 268 g/mol. The number of nitrogens with zero attached hydrogens (tertiary/aromatic N) is 2. The van der Waals surface area contributed by atoms with E-state index in [1.807, 2.05) is 0 Å². The Balaban J connectivity index is 1.51. The molecule has 3 aliphatic rings. The third kappa shape index (κ3) is 3.57. The number of likely N-dealkylation sites (tertiary alicyclic amines) is 1. The maximum atomic E-state index is 12.6. The summed E-state index contributed by atoms with van der Waals surface area (Å²) in [4.78, 5) is 27.9. The Morgan fingerprint density at radius 1 is 1.14 bits per heavy atom. The summed E-state index contributed by atoms with van der Waals surface area (Å²) in [7, 11) is 0. The number of carbonyl (C=O) groups is 2. The van der Waals surface area contributed by atoms with Crippen molar-refractivity contribution in [2.45, 2.75) is 57.5 Å². The van der Waals surface area contributed by atoms with Gasteiger partial charge in [-0.3, -0.25) is 14.5 Å². The predicted molar refractivity (Wildman–Crippen MR) is 78.9 cm³/mol. The molecule has 2 aliphatic carbocycles. The second-order valence-electron chi connectivity index (χ2n) is 7.00. The van der Waals surface area contributed by atoms with Gasteiger partial charge in [-0.05, 0) is 64.5 Å². The van der Waals surface area contributed by atoms with Gasteiger partial charge in [0.05, 0.1) is 12.5 Å². The lowest BCUT2D eigenvalue weighted by molar-refractivity contribution is -0.143. The van der Waals surface area contributed by atoms with Gasteiger partial charge >= 0.3 is 5.97 Å². The van der Waals surface area contributed by atoms with Gasteiger partial charge in [0.1, 0.15) is 0 Å². The maximum absolute atomic E-state index is 12.6. The van der Waals surface area contributed by atoms with Crippen molar-refractivity contribution < 1.29 is 14.7 Å². The standard InChI is InChI=1S/C16H26N2O3/c1-11(12-2-3-12)18(14-4-5-14)15(19)10-17-8-6-13(7-9-17)16(20)21/h11-14H,2-10H2,1H3,(H,20,21). The zero-order valence-electron chi connectivity index (χ0n) is 12.8. The van der Waals surface area contributed by atoms with Crippen LogP contribution in [0.2, 0.25) is 0 Å². The fraction of sp³-hybridized carbons (Fsp3) is 0.875. The molecule has 1 unspecified atom stereocenters. The first-order valence-corrected chi connectivity index (χ1v) is 8.32. The van der Waals surface area contributed by atoms with E-state index in [0.717, 1.165) is 25.9 Å². The molecule has 0 aromatic rings. The first kappa shape index (κ1) is 14.8. The fourth-order valence-corrected chi connectivity index (χ4v) is 3.53. The molecule has 0 aromatic heterocycles. The molecule has 1 saturated heterocycles. The number of piperidine rings is 1. The van der Waals surface area contributed by atoms with E-state index in [-0.39, 0.29) is 11.8 Å². The van der Waals surface area contributed by atoms with Crippen molar-refractivity contribution >= 4 is 11.9 Å². The summed E-state index contributed by atoms with van der Waals surface area (Å²) in [6, 6.07) is 0.867. The minimum Gasteiger partial charge on any atom is -0.481 e. The van der Waals surface area contributed by atoms with Crippen molar-refractivity contribution in [1.82, 2.24) is 9.80 Å². The van der Waals surface area contributed by atoms with Crippen LogP contribution >= 0.6 is 0 Å². The van der Waals surface area contributed by atoms with Crippen LogP contribution in [0.3, 0.4) is 0 Å². The lowest BCUT2D eigenvalue weighted by atomic mass is 9.97. The molecule has 0 spiro atoms. The van der Waals surface area contributed by atoms with Crippen molar-refractivity contribution in [3.8, 4) is 0 Å². The van der Waals surface area contributed by atoms with Crippen LogP contribution < -0.4 is 0 Å². The lowest BCUT2D eigenvalue weighted by Gasteiger charge is -2.34. The lowest BCUT2D eigenvalue weighted by Crippen LogP contribution is -2.48. The monoisotopic (exact) mass is 294 g/mol. The molecule has 0 aromatic carbocycles. The molecule has 1 aliphatic heterocycles. The maximum Gasteiger partial charge on any atom is 0.306 e. The molecule has 1 atom stereocenters. The Labute approximate surface area is 126 Å². The van der Waals surface area contributed by atoms with E-state index < -0.39 is 5.97 Å². The van der Waals surface area contributed by atoms with Gasteiger partial charge in [-0.1, -0.05) is 0 Å². The van der Waals surface area contributed by atoms with Crippen molar-refractivity contribution in [2.24, 2.45) is 11.8 Å². The molecule has 118 valence electrons. The number of hydrogen-bond donors (Lipinski definition) is 1. The summed E-state index contributed by atoms with van der Waals surface area (Å²) in [5.41, 5.74) is 0. The van der Waals surface area contributed by atoms with Crippen LogP contribution in [0.15, 0.2) is 0 Å². The third-order valence-corrected chi connectivity index (χ3v) is 5.27. The zero-order valence-corrected chi connectivity index (χ0v) is 12.8. The molecule has 1 heterocycles. The number of amides is 1. The molecule has 0 bridgehead atoms. The van der Waals surface area contributed by atoms with Crippen molar-refractivity contribution in [2.75, 3.05) is 19.6 Å². The number of carboxylic acid groups (broad SMARTS) is 1. The first-order chi connectivity index (χ1) is 10.1. The largest absolute Gasteiger partial charge is 0.481 e. The van der Waals surface area contributed by atoms with Crippen molar-refractivity contribution in [3.05, 3.63) is 0 Å². The quantitative estimate of drug-likeness (QED) is 0.808. The fourth-order valence-electron chi connectivity index (χ4n) is 3.53. The van der Waals surface area contributed by atoms with Crippen LogP contribution in [0.4, 0.5) is 0 Å². The van der Waals surface area contributed by atoms with Gasteiger partial charge < -0.3 is 10.0 Å². The zero-order chi connectivity index (χ0) is 15.0. The minimum atomic E-state index is -0.692. The van der Waals surface area contributed by atoms with E-state index in [4.69, 9.17) is 5.11 Å². The number of carboxylic acids is 1. The van der Waals surface area contributed by atoms with Crippen LogP contribution in [0.25, 0.3) is 0 Å². The summed E-state index contributed by atoms with van der Waals surface area (Å²) in [6.07, 6.45) is 6.19. The van der Waals surface area contributed by atoms with Gasteiger partial charge in [-0.15, -0.1) is 0 Å². The number of carbonyl (C=O) groups excluding carboxylic acids is 1. The van der Waals surface area contributed by atoms with Crippen LogP contribution in [0.1, 0.15) is 45.4 Å². The highest BCUT2D eigenvalue weighted by molar-refractivity contribution is 5.79. The molecule has 21 heavy (non-hydrogen) atoms. The highest BCUT2D eigenvalue weighted by Crippen LogP contribution is 2.39. The number of hydrogen-bond acceptors (Lipinski definition) is 3. The van der Waals surface area contributed by atoms with E-state index in [2.05, 4.69) is 16.7 Å². The van der Waals surface area contributed by atoms with Gasteiger partial charge in [0.2, 0.25) is 5.91 Å². The van der Waals surface area contributed by atoms with Crippen molar-refractivity contribution in [3.63, 3.8) is 0 Å². The van der Waals surface area contributed by atoms with Crippen LogP contribution in [-0.4, -0.2) is 58.5 Å². The molecule has 3 rings (SSSR count). The highest BCUT2D eigenvalue weighted by Gasteiger charge is 2.42. The minimum absolute atomic E-state index is 0.221. The van der Waals surface area contributed by atoms with E-state index in [1.54, 1.807) is 0 Å². The summed E-state index contributed by atoms with van der Waals surface area (Å²) in [5.74, 6) is 0.0576. The van der Waals surface area contributed by atoms with Gasteiger partial charge in [0, 0.05) is 12.1 Å². The highest BCUT2D eigenvalue weighted by atomic mass is 16.4. The molecule has 1 N–H and O–H groups in total. The Morgan fingerprint density at radius 3 is 2.24 bits per heavy atom. The van der Waals surface area contributed by atoms with E-state index in [0.29, 0.717) is 37.4 Å². The summed E-state index contributed by atoms with van der Waals surface area (Å²) >= 11 is 0. The first-order valence-electron chi connectivity index (χ1n) is 8.32. The van der Waals surface area contributed by atoms with Crippen LogP contribution in [0.5, 0.6) is 0 Å². The Hall–Kier alpha value is -1.10. The van der Waals surface area contributed by atoms with E-state index in [9.17, 15) is 9.59 Å². The van der Waals surface area contributed by atoms with Crippen molar-refractivity contribution in [1.29, 1.82) is 0 Å². The molecule has 3 fully saturated rings. The van der Waals surface area contributed by atoms with Crippen LogP contribution in [-0.2, 0) is 9.59 Å². The Morgan fingerprint density at radius 2 is 1.76 bits per heavy atom. The smallest absolute Gasteiger partial charge is 0.306 e. The topological polar surface area (TPSA) is 60.9 Å². The number of aliphatic carboxylic acids is 1. The SMILES string of the molecule is CC(C1CC1)N(C(=O)CN1CCC(C(=O)O)CC1)C1CC1. The third-order valence-electron chi connectivity index (χ3n) is 5.27. The van der Waals surface area contributed by atoms with E-state index in [1.165, 1.54) is 12.8 Å². The molecule has 5 nitrogen and oxygen atoms in total. The number of rotatable bonds is 6. The Bertz CT molecular complexity index is 410. The average Bonchev–Trinajstić information content (AvgIpc) is 3.32. The Kier molecular flexibility index (Phi) is 4.20. The predicted octanol–water partition coefficient (Wildman–Crippen LogP) is 1.57. The molecule has 2 saturated carbocycles. The molecule has 0 radical (unpaired) electrons. The normalized spacial score (nSPS) is 25.6. The molecule has 5 heteroatoms. The summed E-state index contributed by atoms with van der Waals surface area (Å²) in [6.45, 7) is 4.14. The second-order valence-corrected chi connectivity index (χ2v) is 7.00. The van der Waals surface area contributed by atoms with Gasteiger partial charge in [0.15, 0.2) is 0 Å². The summed E-state index contributed by atoms with van der Waals surface area (Å²) in [5, 5.41) is 9.02. The van der Waals surface area contributed by atoms with Gasteiger partial charge in [0.25, 0.3) is 0 Å². The average molecular weight is 294 g/mol. The van der Waals surface area contributed by atoms with Gasteiger partial charge in [-0.2, -0.15) is 0 Å². The van der Waals surface area contributed by atoms with Gasteiger partial charge in [-0.25, -0.2) is 0 Å².